The van der Waals surface area contributed by atoms with Crippen LogP contribution in [-0.4, -0.2) is 37.5 Å². The van der Waals surface area contributed by atoms with Crippen LogP contribution in [0.3, 0.4) is 0 Å². The minimum Gasteiger partial charge on any atom is -0.378 e. The number of anilines is 1. The summed E-state index contributed by atoms with van der Waals surface area (Å²) in [5.41, 5.74) is 5.55. The third kappa shape index (κ3) is 4.26. The van der Waals surface area contributed by atoms with E-state index in [9.17, 15) is 0 Å². The van der Waals surface area contributed by atoms with Crippen LogP contribution in [0.25, 0.3) is 11.3 Å². The van der Waals surface area contributed by atoms with Crippen LogP contribution in [0.5, 0.6) is 0 Å². The summed E-state index contributed by atoms with van der Waals surface area (Å²) in [5.74, 6) is 0. The fourth-order valence-electron chi connectivity index (χ4n) is 3.26. The van der Waals surface area contributed by atoms with Crippen molar-refractivity contribution in [2.45, 2.75) is 13.8 Å². The second-order valence-electron chi connectivity index (χ2n) is 6.78. The van der Waals surface area contributed by atoms with E-state index in [2.05, 4.69) is 49.1 Å². The Morgan fingerprint density at radius 1 is 1.04 bits per heavy atom. The average molecular weight is 378 g/mol. The topological polar surface area (TPSA) is 37.7 Å². The van der Waals surface area contributed by atoms with Crippen molar-refractivity contribution < 1.29 is 4.74 Å². The van der Waals surface area contributed by atoms with Crippen LogP contribution >= 0.6 is 11.3 Å². The summed E-state index contributed by atoms with van der Waals surface area (Å²) in [6, 6.07) is 16.7. The first-order valence-electron chi connectivity index (χ1n) is 9.20. The lowest BCUT2D eigenvalue weighted by atomic mass is 10.1. The number of ether oxygens (including phenoxy) is 1. The highest BCUT2D eigenvalue weighted by atomic mass is 32.1. The van der Waals surface area contributed by atoms with Gasteiger partial charge < -0.3 is 9.64 Å². The first kappa shape index (κ1) is 17.9. The van der Waals surface area contributed by atoms with Gasteiger partial charge in [-0.2, -0.15) is 0 Å². The molecular weight excluding hydrogens is 354 g/mol. The fraction of sp³-hybridized carbons (Fsp3) is 0.273. The number of morpholine rings is 1. The molecule has 1 aliphatic rings. The van der Waals surface area contributed by atoms with Gasteiger partial charge in [0, 0.05) is 24.9 Å². The Morgan fingerprint density at radius 2 is 1.74 bits per heavy atom. The Bertz CT molecular complexity index is 923. The van der Waals surface area contributed by atoms with Gasteiger partial charge in [-0.05, 0) is 37.1 Å². The lowest BCUT2D eigenvalue weighted by Gasteiger charge is -2.26. The second-order valence-corrected chi connectivity index (χ2v) is 7.79. The lowest BCUT2D eigenvalue weighted by Crippen LogP contribution is -2.36. The number of hydrogen-bond acceptors (Lipinski definition) is 5. The summed E-state index contributed by atoms with van der Waals surface area (Å²) >= 11 is 1.70. The quantitative estimate of drug-likeness (QED) is 0.600. The molecule has 4 nitrogen and oxygen atoms in total. The molecule has 4 rings (SSSR count). The summed E-state index contributed by atoms with van der Waals surface area (Å²) in [4.78, 5) is 13.1. The number of aryl methyl sites for hydroxylation is 2. The van der Waals surface area contributed by atoms with E-state index in [-0.39, 0.29) is 0 Å². The summed E-state index contributed by atoms with van der Waals surface area (Å²) in [7, 11) is 0. The van der Waals surface area contributed by atoms with E-state index in [0.29, 0.717) is 0 Å². The van der Waals surface area contributed by atoms with E-state index in [1.54, 1.807) is 11.3 Å². The van der Waals surface area contributed by atoms with E-state index in [4.69, 9.17) is 14.7 Å². The first-order valence-corrected chi connectivity index (χ1v) is 10.0. The maximum atomic E-state index is 5.48. The van der Waals surface area contributed by atoms with Gasteiger partial charge in [-0.3, -0.25) is 4.99 Å². The van der Waals surface area contributed by atoms with Crippen molar-refractivity contribution in [3.63, 3.8) is 0 Å². The highest BCUT2D eigenvalue weighted by Gasteiger charge is 2.18. The van der Waals surface area contributed by atoms with Crippen molar-refractivity contribution in [1.29, 1.82) is 0 Å². The second kappa shape index (κ2) is 8.03. The van der Waals surface area contributed by atoms with Gasteiger partial charge in [0.25, 0.3) is 0 Å². The van der Waals surface area contributed by atoms with Crippen LogP contribution in [0.4, 0.5) is 10.8 Å². The van der Waals surface area contributed by atoms with Gasteiger partial charge in [0.1, 0.15) is 0 Å². The van der Waals surface area contributed by atoms with Gasteiger partial charge in [0.2, 0.25) is 0 Å². The molecule has 1 fully saturated rings. The molecule has 1 saturated heterocycles. The standard InChI is InChI=1S/C22H23N3OS/c1-16-12-17(2)14-19(13-16)23-15-20-21(18-6-4-3-5-7-18)24-22(27-20)25-8-10-26-11-9-25/h3-7,12-15H,8-11H2,1-2H3. The molecule has 0 radical (unpaired) electrons. The van der Waals surface area contributed by atoms with E-state index in [1.165, 1.54) is 11.1 Å². The van der Waals surface area contributed by atoms with Crippen molar-refractivity contribution >= 4 is 28.4 Å². The number of benzene rings is 2. The van der Waals surface area contributed by atoms with Gasteiger partial charge in [-0.25, -0.2) is 4.98 Å². The van der Waals surface area contributed by atoms with Crippen molar-refractivity contribution in [2.24, 2.45) is 4.99 Å². The third-order valence-electron chi connectivity index (χ3n) is 4.51. The molecule has 0 aliphatic carbocycles. The molecule has 1 aromatic heterocycles. The molecule has 2 heterocycles. The molecular formula is C22H23N3OS. The summed E-state index contributed by atoms with van der Waals surface area (Å²) in [6.45, 7) is 7.48. The Kier molecular flexibility index (Phi) is 5.32. The lowest BCUT2D eigenvalue weighted by molar-refractivity contribution is 0.122. The van der Waals surface area contributed by atoms with Gasteiger partial charge in [-0.1, -0.05) is 47.7 Å². The zero-order valence-corrected chi connectivity index (χ0v) is 16.5. The van der Waals surface area contributed by atoms with E-state index >= 15 is 0 Å². The molecule has 0 N–H and O–H groups in total. The first-order chi connectivity index (χ1) is 13.2. The maximum Gasteiger partial charge on any atom is 0.186 e. The SMILES string of the molecule is Cc1cc(C)cc(N=Cc2sc(N3CCOCC3)nc2-c2ccccc2)c1. The highest BCUT2D eigenvalue weighted by molar-refractivity contribution is 7.17. The Balaban J connectivity index is 1.71. The molecule has 27 heavy (non-hydrogen) atoms. The molecule has 3 aromatic rings. The number of aliphatic imine (C=N–C) groups is 1. The summed E-state index contributed by atoms with van der Waals surface area (Å²) < 4.78 is 5.48. The zero-order valence-electron chi connectivity index (χ0n) is 15.7. The largest absolute Gasteiger partial charge is 0.378 e. The van der Waals surface area contributed by atoms with Crippen molar-refractivity contribution in [1.82, 2.24) is 4.98 Å². The van der Waals surface area contributed by atoms with Crippen molar-refractivity contribution in [2.75, 3.05) is 31.2 Å². The summed E-state index contributed by atoms with van der Waals surface area (Å²) in [6.07, 6.45) is 1.96. The maximum absolute atomic E-state index is 5.48. The van der Waals surface area contributed by atoms with Crippen LogP contribution in [0.2, 0.25) is 0 Å². The minimum absolute atomic E-state index is 0.756. The summed E-state index contributed by atoms with van der Waals surface area (Å²) in [5, 5.41) is 1.04. The van der Waals surface area contributed by atoms with Crippen LogP contribution in [0, 0.1) is 13.8 Å². The van der Waals surface area contributed by atoms with E-state index in [1.807, 2.05) is 24.4 Å². The molecule has 138 valence electrons. The van der Waals surface area contributed by atoms with Gasteiger partial charge in [0.05, 0.1) is 29.5 Å². The van der Waals surface area contributed by atoms with Crippen LogP contribution in [-0.2, 0) is 4.74 Å². The molecule has 0 spiro atoms. The molecule has 1 aliphatic heterocycles. The Morgan fingerprint density at radius 3 is 2.44 bits per heavy atom. The van der Waals surface area contributed by atoms with Crippen LogP contribution in [0.15, 0.2) is 53.5 Å². The molecule has 0 unspecified atom stereocenters. The van der Waals surface area contributed by atoms with E-state index in [0.717, 1.165) is 53.3 Å². The third-order valence-corrected chi connectivity index (χ3v) is 5.56. The predicted octanol–water partition coefficient (Wildman–Crippen LogP) is 5.01. The van der Waals surface area contributed by atoms with Crippen molar-refractivity contribution in [3.8, 4) is 11.3 Å². The smallest absolute Gasteiger partial charge is 0.186 e. The molecule has 0 atom stereocenters. The molecule has 0 amide bonds. The fourth-order valence-corrected chi connectivity index (χ4v) is 4.27. The van der Waals surface area contributed by atoms with Crippen LogP contribution < -0.4 is 4.90 Å². The minimum atomic E-state index is 0.756. The molecule has 5 heteroatoms. The Labute approximate surface area is 164 Å². The molecule has 0 saturated carbocycles. The van der Waals surface area contributed by atoms with E-state index < -0.39 is 0 Å². The zero-order chi connectivity index (χ0) is 18.6. The monoisotopic (exact) mass is 377 g/mol. The molecule has 0 bridgehead atoms. The van der Waals surface area contributed by atoms with Gasteiger partial charge in [0.15, 0.2) is 5.13 Å². The van der Waals surface area contributed by atoms with Crippen molar-refractivity contribution in [3.05, 3.63) is 64.5 Å². The number of nitrogens with zero attached hydrogens (tertiary/aromatic N) is 3. The number of aromatic nitrogens is 1. The number of thiazole rings is 1. The predicted molar refractivity (Wildman–Crippen MR) is 114 cm³/mol. The van der Waals surface area contributed by atoms with Gasteiger partial charge >= 0.3 is 0 Å². The normalized spacial score (nSPS) is 14.8. The average Bonchev–Trinajstić information content (AvgIpc) is 3.11. The molecule has 2 aromatic carbocycles. The number of hydrogen-bond donors (Lipinski definition) is 0. The Hall–Kier alpha value is -2.50. The van der Waals surface area contributed by atoms with Crippen LogP contribution in [0.1, 0.15) is 16.0 Å². The highest BCUT2D eigenvalue weighted by Crippen LogP contribution is 2.33. The van der Waals surface area contributed by atoms with Gasteiger partial charge in [-0.15, -0.1) is 0 Å². The number of rotatable bonds is 4.